The van der Waals surface area contributed by atoms with Crippen molar-refractivity contribution >= 4 is 22.6 Å². The molecule has 3 heteroatoms. The van der Waals surface area contributed by atoms with E-state index in [1.165, 1.54) is 28.6 Å². The van der Waals surface area contributed by atoms with E-state index in [1.54, 1.807) is 0 Å². The number of rotatable bonds is 4. The molecule has 1 atom stereocenters. The lowest BCUT2D eigenvalue weighted by atomic mass is 9.95. The van der Waals surface area contributed by atoms with Crippen LogP contribution in [0.4, 0.5) is 0 Å². The predicted molar refractivity (Wildman–Crippen MR) is 85.8 cm³/mol. The first-order valence-electron chi connectivity index (χ1n) is 6.87. The second-order valence-electron chi connectivity index (χ2n) is 5.48. The van der Waals surface area contributed by atoms with Crippen molar-refractivity contribution in [1.82, 2.24) is 10.2 Å². The lowest BCUT2D eigenvalue weighted by Gasteiger charge is -2.36. The van der Waals surface area contributed by atoms with Gasteiger partial charge in [0.1, 0.15) is 0 Å². The maximum Gasteiger partial charge on any atom is 0.0351 e. The third-order valence-corrected chi connectivity index (χ3v) is 4.26. The van der Waals surface area contributed by atoms with Crippen LogP contribution in [0, 0.1) is 9.49 Å². The number of nitrogens with one attached hydrogen (secondary N) is 1. The van der Waals surface area contributed by atoms with Gasteiger partial charge in [-0.25, -0.2) is 0 Å². The summed E-state index contributed by atoms with van der Waals surface area (Å²) >= 11 is 2.38. The summed E-state index contributed by atoms with van der Waals surface area (Å²) in [7, 11) is 0. The number of halogens is 1. The fraction of sp³-hybridized carbons (Fsp3) is 0.600. The smallest absolute Gasteiger partial charge is 0.0351 e. The number of benzene rings is 1. The predicted octanol–water partition coefficient (Wildman–Crippen LogP) is 3.28. The molecule has 0 unspecified atom stereocenters. The lowest BCUT2D eigenvalue weighted by Crippen LogP contribution is -2.45. The van der Waals surface area contributed by atoms with Crippen molar-refractivity contribution in [2.75, 3.05) is 26.2 Å². The number of hydrogen-bond acceptors (Lipinski definition) is 2. The molecule has 1 heterocycles. The Morgan fingerprint density at radius 2 is 1.78 bits per heavy atom. The molecule has 0 aliphatic carbocycles. The number of piperazine rings is 1. The van der Waals surface area contributed by atoms with Crippen molar-refractivity contribution in [1.29, 1.82) is 0 Å². The Hall–Kier alpha value is -0.130. The third kappa shape index (κ3) is 3.93. The highest BCUT2D eigenvalue weighted by atomic mass is 127. The molecule has 0 saturated carbocycles. The fourth-order valence-corrected chi connectivity index (χ4v) is 2.98. The van der Waals surface area contributed by atoms with Gasteiger partial charge in [-0.3, -0.25) is 4.90 Å². The van der Waals surface area contributed by atoms with E-state index in [9.17, 15) is 0 Å². The lowest BCUT2D eigenvalue weighted by molar-refractivity contribution is 0.154. The van der Waals surface area contributed by atoms with Gasteiger partial charge >= 0.3 is 0 Å². The largest absolute Gasteiger partial charge is 0.314 e. The van der Waals surface area contributed by atoms with E-state index in [0.717, 1.165) is 19.0 Å². The standard InChI is InChI=1S/C15H23IN2/c1-12(2)11-15(18-9-7-17-8-10-18)13-3-5-14(16)6-4-13/h3-6,12,15,17H,7-11H2,1-2H3/t15-/m0/s1. The second kappa shape index (κ2) is 6.87. The van der Waals surface area contributed by atoms with Crippen LogP contribution in [0.5, 0.6) is 0 Å². The summed E-state index contributed by atoms with van der Waals surface area (Å²) in [6.45, 7) is 9.23. The first-order valence-corrected chi connectivity index (χ1v) is 7.95. The van der Waals surface area contributed by atoms with Gasteiger partial charge < -0.3 is 5.32 Å². The molecule has 100 valence electrons. The molecule has 0 spiro atoms. The quantitative estimate of drug-likeness (QED) is 0.831. The van der Waals surface area contributed by atoms with Crippen LogP contribution in [-0.2, 0) is 0 Å². The normalized spacial score (nSPS) is 19.1. The fourth-order valence-electron chi connectivity index (χ4n) is 2.62. The Labute approximate surface area is 124 Å². The first kappa shape index (κ1) is 14.3. The maximum atomic E-state index is 3.44. The Bertz CT molecular complexity index is 355. The molecule has 1 aromatic carbocycles. The zero-order valence-corrected chi connectivity index (χ0v) is 13.5. The Balaban J connectivity index is 2.15. The van der Waals surface area contributed by atoms with Crippen molar-refractivity contribution in [2.24, 2.45) is 5.92 Å². The van der Waals surface area contributed by atoms with E-state index in [4.69, 9.17) is 0 Å². The molecule has 1 aliphatic rings. The summed E-state index contributed by atoms with van der Waals surface area (Å²) in [6, 6.07) is 9.65. The van der Waals surface area contributed by atoms with Gasteiger partial charge in [-0.15, -0.1) is 0 Å². The van der Waals surface area contributed by atoms with Gasteiger partial charge in [0.15, 0.2) is 0 Å². The van der Waals surface area contributed by atoms with Crippen LogP contribution in [-0.4, -0.2) is 31.1 Å². The molecule has 2 rings (SSSR count). The van der Waals surface area contributed by atoms with E-state index < -0.39 is 0 Å². The molecule has 1 fully saturated rings. The molecule has 1 saturated heterocycles. The van der Waals surface area contributed by atoms with Gasteiger partial charge in [0.25, 0.3) is 0 Å². The summed E-state index contributed by atoms with van der Waals surface area (Å²) in [6.07, 6.45) is 1.25. The molecule has 0 bridgehead atoms. The average Bonchev–Trinajstić information content (AvgIpc) is 2.38. The minimum Gasteiger partial charge on any atom is -0.314 e. The summed E-state index contributed by atoms with van der Waals surface area (Å²) in [5, 5.41) is 3.44. The number of hydrogen-bond donors (Lipinski definition) is 1. The second-order valence-corrected chi connectivity index (χ2v) is 6.73. The first-order chi connectivity index (χ1) is 8.66. The van der Waals surface area contributed by atoms with Gasteiger partial charge in [0, 0.05) is 35.8 Å². The van der Waals surface area contributed by atoms with Crippen molar-refractivity contribution in [3.05, 3.63) is 33.4 Å². The molecular formula is C15H23IN2. The van der Waals surface area contributed by atoms with E-state index in [0.29, 0.717) is 6.04 Å². The van der Waals surface area contributed by atoms with E-state index in [-0.39, 0.29) is 0 Å². The summed E-state index contributed by atoms with van der Waals surface area (Å²) < 4.78 is 1.32. The Kier molecular flexibility index (Phi) is 5.45. The maximum absolute atomic E-state index is 3.44. The van der Waals surface area contributed by atoms with Crippen LogP contribution in [0.1, 0.15) is 31.9 Å². The molecular weight excluding hydrogens is 335 g/mol. The molecule has 2 nitrogen and oxygen atoms in total. The van der Waals surface area contributed by atoms with Crippen LogP contribution in [0.25, 0.3) is 0 Å². The molecule has 1 aromatic rings. The summed E-state index contributed by atoms with van der Waals surface area (Å²) in [4.78, 5) is 2.64. The van der Waals surface area contributed by atoms with Crippen LogP contribution < -0.4 is 5.32 Å². The van der Waals surface area contributed by atoms with Gasteiger partial charge in [0.05, 0.1) is 0 Å². The highest BCUT2D eigenvalue weighted by molar-refractivity contribution is 14.1. The zero-order valence-electron chi connectivity index (χ0n) is 11.3. The molecule has 0 aromatic heterocycles. The monoisotopic (exact) mass is 358 g/mol. The number of nitrogens with zero attached hydrogens (tertiary/aromatic N) is 1. The summed E-state index contributed by atoms with van der Waals surface area (Å²) in [5.41, 5.74) is 1.48. The van der Waals surface area contributed by atoms with Crippen LogP contribution in [0.15, 0.2) is 24.3 Å². The van der Waals surface area contributed by atoms with Crippen molar-refractivity contribution in [3.63, 3.8) is 0 Å². The summed E-state index contributed by atoms with van der Waals surface area (Å²) in [5.74, 6) is 0.740. The van der Waals surface area contributed by atoms with Crippen molar-refractivity contribution in [3.8, 4) is 0 Å². The Morgan fingerprint density at radius 1 is 1.17 bits per heavy atom. The van der Waals surface area contributed by atoms with Crippen LogP contribution >= 0.6 is 22.6 Å². The topological polar surface area (TPSA) is 15.3 Å². The van der Waals surface area contributed by atoms with E-state index in [2.05, 4.69) is 70.9 Å². The van der Waals surface area contributed by atoms with Gasteiger partial charge in [-0.05, 0) is 52.6 Å². The van der Waals surface area contributed by atoms with Gasteiger partial charge in [-0.1, -0.05) is 26.0 Å². The minimum atomic E-state index is 0.587. The van der Waals surface area contributed by atoms with Crippen molar-refractivity contribution in [2.45, 2.75) is 26.3 Å². The average molecular weight is 358 g/mol. The molecule has 1 aliphatic heterocycles. The molecule has 1 N–H and O–H groups in total. The molecule has 0 radical (unpaired) electrons. The third-order valence-electron chi connectivity index (χ3n) is 3.54. The van der Waals surface area contributed by atoms with Gasteiger partial charge in [-0.2, -0.15) is 0 Å². The van der Waals surface area contributed by atoms with E-state index in [1.807, 2.05) is 0 Å². The molecule has 18 heavy (non-hydrogen) atoms. The molecule has 0 amide bonds. The zero-order chi connectivity index (χ0) is 13.0. The minimum absolute atomic E-state index is 0.587. The Morgan fingerprint density at radius 3 is 2.33 bits per heavy atom. The highest BCUT2D eigenvalue weighted by Gasteiger charge is 2.22. The van der Waals surface area contributed by atoms with Crippen LogP contribution in [0.3, 0.4) is 0 Å². The SMILES string of the molecule is CC(C)C[C@@H](c1ccc(I)cc1)N1CCNCC1. The van der Waals surface area contributed by atoms with Crippen molar-refractivity contribution < 1.29 is 0 Å². The van der Waals surface area contributed by atoms with Gasteiger partial charge in [0.2, 0.25) is 0 Å². The highest BCUT2D eigenvalue weighted by Crippen LogP contribution is 2.28. The van der Waals surface area contributed by atoms with E-state index >= 15 is 0 Å². The van der Waals surface area contributed by atoms with Crippen LogP contribution in [0.2, 0.25) is 0 Å².